The molecule has 0 fully saturated rings. The van der Waals surface area contributed by atoms with E-state index in [-0.39, 0.29) is 12.6 Å². The molecule has 31 heavy (non-hydrogen) atoms. The summed E-state index contributed by atoms with van der Waals surface area (Å²) in [6, 6.07) is 6.62. The van der Waals surface area contributed by atoms with Crippen LogP contribution in [-0.2, 0) is 20.8 Å². The molecule has 1 heterocycles. The number of nitrogens with zero attached hydrogens (tertiary/aromatic N) is 2. The minimum atomic E-state index is -4.29. The lowest BCUT2D eigenvalue weighted by atomic mass is 10.1. The van der Waals surface area contributed by atoms with Gasteiger partial charge in [0.1, 0.15) is 0 Å². The highest BCUT2D eigenvalue weighted by molar-refractivity contribution is 7.90. The first-order valence-corrected chi connectivity index (χ1v) is 11.6. The second-order valence-corrected chi connectivity index (χ2v) is 10.3. The summed E-state index contributed by atoms with van der Waals surface area (Å²) in [5.74, 6) is 0.309. The predicted molar refractivity (Wildman–Crippen MR) is 121 cm³/mol. The van der Waals surface area contributed by atoms with Crippen molar-refractivity contribution in [1.29, 1.82) is 0 Å². The van der Waals surface area contributed by atoms with Gasteiger partial charge in [0.05, 0.1) is 23.8 Å². The fraction of sp³-hybridized carbons (Fsp3) is 0.400. The molecule has 0 aliphatic carbocycles. The molecule has 170 valence electrons. The second kappa shape index (κ2) is 9.93. The Morgan fingerprint density at radius 1 is 1.26 bits per heavy atom. The van der Waals surface area contributed by atoms with Gasteiger partial charge < -0.3 is 14.2 Å². The van der Waals surface area contributed by atoms with E-state index < -0.39 is 21.8 Å². The number of hydrogen-bond acceptors (Lipinski definition) is 6. The van der Waals surface area contributed by atoms with E-state index in [9.17, 15) is 13.2 Å². The van der Waals surface area contributed by atoms with Crippen LogP contribution in [0.5, 0.6) is 5.88 Å². The zero-order chi connectivity index (χ0) is 23.4. The second-order valence-electron chi connectivity index (χ2n) is 8.01. The van der Waals surface area contributed by atoms with Crippen LogP contribution in [0, 0.1) is 0 Å². The van der Waals surface area contributed by atoms with Crippen molar-refractivity contribution in [1.82, 2.24) is 15.1 Å². The summed E-state index contributed by atoms with van der Waals surface area (Å²) in [7, 11) is -4.29. The monoisotopic (exact) mass is 489 g/mol. The Hall–Kier alpha value is -2.23. The zero-order valence-corrected chi connectivity index (χ0v) is 20.2. The summed E-state index contributed by atoms with van der Waals surface area (Å²) < 4.78 is 36.0. The molecule has 1 amide bonds. The molecule has 0 saturated carbocycles. The van der Waals surface area contributed by atoms with Crippen LogP contribution in [0.2, 0.25) is 10.0 Å². The number of hydrogen-bond donors (Lipinski definition) is 1. The molecule has 1 aromatic carbocycles. The molecule has 8 nitrogen and oxygen atoms in total. The minimum absolute atomic E-state index is 0.132. The summed E-state index contributed by atoms with van der Waals surface area (Å²) in [6.45, 7) is 9.03. The largest absolute Gasteiger partial charge is 0.474 e. The quantitative estimate of drug-likeness (QED) is 0.557. The Labute approximate surface area is 192 Å². The standard InChI is InChI=1S/C20H25Cl2N3O5S/c1-13(2)29-18-11-16(8-9-31(27,28)30-19(26)23-20(3,4)5)25(24-18)12-14-6-7-15(21)10-17(14)22/h6-11,13H,12H2,1-5H3,(H,23,26). The Morgan fingerprint density at radius 2 is 1.94 bits per heavy atom. The Morgan fingerprint density at radius 3 is 2.52 bits per heavy atom. The zero-order valence-electron chi connectivity index (χ0n) is 17.8. The third-order valence-electron chi connectivity index (χ3n) is 3.55. The highest BCUT2D eigenvalue weighted by atomic mass is 35.5. The fourth-order valence-electron chi connectivity index (χ4n) is 2.39. The van der Waals surface area contributed by atoms with E-state index in [4.69, 9.17) is 27.9 Å². The van der Waals surface area contributed by atoms with Gasteiger partial charge in [0.15, 0.2) is 0 Å². The van der Waals surface area contributed by atoms with E-state index in [2.05, 4.69) is 14.6 Å². The smallest absolute Gasteiger partial charge is 0.423 e. The molecule has 0 spiro atoms. The Kier molecular flexibility index (Phi) is 8.02. The lowest BCUT2D eigenvalue weighted by Crippen LogP contribution is -2.41. The van der Waals surface area contributed by atoms with Crippen molar-refractivity contribution in [3.8, 4) is 5.88 Å². The number of carbonyl (C=O) groups excluding carboxylic acids is 1. The van der Waals surface area contributed by atoms with E-state index in [1.165, 1.54) is 10.8 Å². The van der Waals surface area contributed by atoms with Crippen molar-refractivity contribution in [3.63, 3.8) is 0 Å². The molecule has 0 bridgehead atoms. The first-order chi connectivity index (χ1) is 14.2. The molecule has 11 heteroatoms. The Balaban J connectivity index is 2.29. The number of ether oxygens (including phenoxy) is 1. The van der Waals surface area contributed by atoms with Gasteiger partial charge in [0.25, 0.3) is 0 Å². The third-order valence-corrected chi connectivity index (χ3v) is 4.99. The molecule has 1 N–H and O–H groups in total. The highest BCUT2D eigenvalue weighted by Crippen LogP contribution is 2.24. The van der Waals surface area contributed by atoms with Gasteiger partial charge in [-0.3, -0.25) is 4.68 Å². The summed E-state index contributed by atoms with van der Waals surface area (Å²) in [5.41, 5.74) is 0.490. The molecular weight excluding hydrogens is 465 g/mol. The number of carbonyl (C=O) groups is 1. The van der Waals surface area contributed by atoms with Crippen molar-refractivity contribution in [2.45, 2.75) is 52.8 Å². The highest BCUT2D eigenvalue weighted by Gasteiger charge is 2.20. The SMILES string of the molecule is CC(C)Oc1cc(C=CS(=O)(=O)OC(=O)NC(C)(C)C)n(Cc2ccc(Cl)cc2Cl)n1. The molecule has 0 aliphatic heterocycles. The minimum Gasteiger partial charge on any atom is -0.474 e. The van der Waals surface area contributed by atoms with Crippen LogP contribution in [0.3, 0.4) is 0 Å². The summed E-state index contributed by atoms with van der Waals surface area (Å²) in [5, 5.41) is 8.49. The van der Waals surface area contributed by atoms with Gasteiger partial charge in [-0.1, -0.05) is 29.3 Å². The lowest BCUT2D eigenvalue weighted by Gasteiger charge is -2.19. The maximum atomic E-state index is 12.2. The first kappa shape index (κ1) is 25.0. The maximum absolute atomic E-state index is 12.2. The average molecular weight is 490 g/mol. The van der Waals surface area contributed by atoms with Crippen molar-refractivity contribution in [2.75, 3.05) is 0 Å². The first-order valence-electron chi connectivity index (χ1n) is 9.37. The Bertz CT molecular complexity index is 1070. The van der Waals surface area contributed by atoms with Crippen LogP contribution in [0.1, 0.15) is 45.9 Å². The van der Waals surface area contributed by atoms with E-state index in [0.29, 0.717) is 21.6 Å². The third kappa shape index (κ3) is 8.43. The molecule has 0 atom stereocenters. The van der Waals surface area contributed by atoms with Crippen molar-refractivity contribution in [3.05, 3.63) is 51.0 Å². The van der Waals surface area contributed by atoms with Gasteiger partial charge in [0, 0.05) is 21.7 Å². The number of amides is 1. The van der Waals surface area contributed by atoms with Crippen LogP contribution in [0.25, 0.3) is 6.08 Å². The molecule has 1 aromatic heterocycles. The van der Waals surface area contributed by atoms with Crippen LogP contribution < -0.4 is 10.1 Å². The van der Waals surface area contributed by atoms with E-state index in [1.807, 2.05) is 13.8 Å². The van der Waals surface area contributed by atoms with Crippen LogP contribution >= 0.6 is 23.2 Å². The van der Waals surface area contributed by atoms with Crippen LogP contribution in [0.15, 0.2) is 29.7 Å². The van der Waals surface area contributed by atoms with Crippen molar-refractivity contribution < 1.29 is 22.1 Å². The molecule has 0 radical (unpaired) electrons. The lowest BCUT2D eigenvalue weighted by molar-refractivity contribution is 0.193. The maximum Gasteiger partial charge on any atom is 0.423 e. The summed E-state index contributed by atoms with van der Waals surface area (Å²) in [6.07, 6.45) is 0.0684. The topological polar surface area (TPSA) is 99.5 Å². The number of rotatable bonds is 7. The number of aromatic nitrogens is 2. The fourth-order valence-corrected chi connectivity index (χ4v) is 3.47. The molecule has 0 saturated heterocycles. The molecular formula is C20H25Cl2N3O5S. The summed E-state index contributed by atoms with van der Waals surface area (Å²) >= 11 is 12.2. The number of nitrogens with one attached hydrogen (secondary N) is 1. The molecule has 0 aliphatic rings. The van der Waals surface area contributed by atoms with Gasteiger partial charge in [-0.15, -0.1) is 5.10 Å². The van der Waals surface area contributed by atoms with Crippen molar-refractivity contribution in [2.24, 2.45) is 0 Å². The average Bonchev–Trinajstić information content (AvgIpc) is 2.94. The number of benzene rings is 1. The van der Waals surface area contributed by atoms with Crippen molar-refractivity contribution >= 4 is 45.5 Å². The van der Waals surface area contributed by atoms with Gasteiger partial charge in [-0.25, -0.2) is 4.79 Å². The van der Waals surface area contributed by atoms with E-state index in [1.54, 1.807) is 45.0 Å². The van der Waals surface area contributed by atoms with E-state index in [0.717, 1.165) is 11.0 Å². The summed E-state index contributed by atoms with van der Waals surface area (Å²) in [4.78, 5) is 11.8. The molecule has 2 rings (SSSR count). The van der Waals surface area contributed by atoms with Gasteiger partial charge in [0.2, 0.25) is 5.88 Å². The van der Waals surface area contributed by atoms with Crippen LogP contribution in [0.4, 0.5) is 4.79 Å². The predicted octanol–water partition coefficient (Wildman–Crippen LogP) is 4.85. The van der Waals surface area contributed by atoms with Crippen LogP contribution in [-0.4, -0.2) is 35.9 Å². The van der Waals surface area contributed by atoms with Gasteiger partial charge >= 0.3 is 16.2 Å². The number of halogens is 2. The molecule has 0 unspecified atom stereocenters. The van der Waals surface area contributed by atoms with Gasteiger partial charge in [-0.2, -0.15) is 8.42 Å². The van der Waals surface area contributed by atoms with Gasteiger partial charge in [-0.05, 0) is 58.4 Å². The van der Waals surface area contributed by atoms with E-state index >= 15 is 0 Å². The molecule has 2 aromatic rings. The normalized spacial score (nSPS) is 12.4.